The molecule has 2 unspecified atom stereocenters. The van der Waals surface area contributed by atoms with Crippen LogP contribution in [0.2, 0.25) is 0 Å². The van der Waals surface area contributed by atoms with Crippen LogP contribution in [0.15, 0.2) is 34.9 Å². The molecule has 0 aliphatic carbocycles. The lowest BCUT2D eigenvalue weighted by Crippen LogP contribution is -2.19. The number of nitrogens with two attached hydrogens (primary N) is 1. The van der Waals surface area contributed by atoms with E-state index in [1.54, 1.807) is 0 Å². The first kappa shape index (κ1) is 13.3. The Hall–Kier alpha value is -1.13. The molecule has 0 spiro atoms. The maximum absolute atomic E-state index is 6.17. The van der Waals surface area contributed by atoms with Crippen molar-refractivity contribution in [1.82, 2.24) is 9.97 Å². The number of H-pyrrole nitrogens is 1. The molecule has 0 radical (unpaired) electrons. The van der Waals surface area contributed by atoms with Crippen molar-refractivity contribution in [2.24, 2.45) is 11.7 Å². The molecule has 0 bridgehead atoms. The minimum atomic E-state index is -0.0316. The summed E-state index contributed by atoms with van der Waals surface area (Å²) in [6, 6.07) is 8.10. The largest absolute Gasteiger partial charge is 0.341 e. The summed E-state index contributed by atoms with van der Waals surface area (Å²) in [4.78, 5) is 7.71. The van der Waals surface area contributed by atoms with Crippen molar-refractivity contribution in [2.45, 2.75) is 26.3 Å². The minimum absolute atomic E-state index is 0.0316. The van der Waals surface area contributed by atoms with Gasteiger partial charge >= 0.3 is 0 Å². The summed E-state index contributed by atoms with van der Waals surface area (Å²) in [6.07, 6.45) is 2.90. The highest BCUT2D eigenvalue weighted by Crippen LogP contribution is 2.24. The van der Waals surface area contributed by atoms with Gasteiger partial charge in [-0.3, -0.25) is 0 Å². The third kappa shape index (κ3) is 2.82. The van der Waals surface area contributed by atoms with Gasteiger partial charge in [0.25, 0.3) is 0 Å². The average Bonchev–Trinajstić information content (AvgIpc) is 2.86. The van der Waals surface area contributed by atoms with Crippen LogP contribution in [-0.2, 0) is 0 Å². The lowest BCUT2D eigenvalue weighted by atomic mass is 10.00. The Morgan fingerprint density at radius 1 is 1.44 bits per heavy atom. The molecular weight excluding hydrogens is 290 g/mol. The van der Waals surface area contributed by atoms with Crippen LogP contribution >= 0.6 is 15.9 Å². The number of imidazole rings is 1. The Kier molecular flexibility index (Phi) is 4.19. The zero-order valence-corrected chi connectivity index (χ0v) is 12.2. The van der Waals surface area contributed by atoms with Crippen molar-refractivity contribution < 1.29 is 0 Å². The van der Waals surface area contributed by atoms with Crippen molar-refractivity contribution in [3.05, 3.63) is 40.8 Å². The highest BCUT2D eigenvalue weighted by Gasteiger charge is 2.16. The maximum Gasteiger partial charge on any atom is 0.123 e. The lowest BCUT2D eigenvalue weighted by molar-refractivity contribution is 0.441. The van der Waals surface area contributed by atoms with Gasteiger partial charge in [0.05, 0.1) is 17.9 Å². The van der Waals surface area contributed by atoms with Gasteiger partial charge in [-0.1, -0.05) is 48.3 Å². The van der Waals surface area contributed by atoms with E-state index in [0.717, 1.165) is 28.0 Å². The number of hydrogen-bond donors (Lipinski definition) is 2. The van der Waals surface area contributed by atoms with Gasteiger partial charge in [0.2, 0.25) is 0 Å². The number of aromatic amines is 1. The number of nitrogens with zero attached hydrogens (tertiary/aromatic N) is 1. The van der Waals surface area contributed by atoms with Crippen LogP contribution in [0.1, 0.15) is 32.1 Å². The lowest BCUT2D eigenvalue weighted by Gasteiger charge is -2.15. The van der Waals surface area contributed by atoms with Gasteiger partial charge in [-0.25, -0.2) is 4.98 Å². The fraction of sp³-hybridized carbons (Fsp3) is 0.357. The fourth-order valence-corrected chi connectivity index (χ4v) is 2.23. The minimum Gasteiger partial charge on any atom is -0.341 e. The number of halogens is 1. The Labute approximate surface area is 116 Å². The van der Waals surface area contributed by atoms with Gasteiger partial charge in [-0.05, 0) is 18.1 Å². The van der Waals surface area contributed by atoms with Gasteiger partial charge in [0, 0.05) is 10.0 Å². The molecule has 0 saturated carbocycles. The van der Waals surface area contributed by atoms with Crippen LogP contribution in [-0.4, -0.2) is 9.97 Å². The van der Waals surface area contributed by atoms with E-state index in [0.29, 0.717) is 5.92 Å². The SMILES string of the molecule is CCC(C)C(N)c1ncc(-c2cccc(Br)c2)[nH]1. The molecule has 2 aromatic rings. The smallest absolute Gasteiger partial charge is 0.123 e. The van der Waals surface area contributed by atoms with E-state index in [2.05, 4.69) is 51.9 Å². The molecule has 96 valence electrons. The monoisotopic (exact) mass is 307 g/mol. The Balaban J connectivity index is 2.25. The molecule has 3 N–H and O–H groups in total. The van der Waals surface area contributed by atoms with Crippen molar-refractivity contribution >= 4 is 15.9 Å². The summed E-state index contributed by atoms with van der Waals surface area (Å²) in [6.45, 7) is 4.29. The van der Waals surface area contributed by atoms with Crippen LogP contribution in [0.3, 0.4) is 0 Å². The molecular formula is C14H18BrN3. The molecule has 0 saturated heterocycles. The number of rotatable bonds is 4. The van der Waals surface area contributed by atoms with E-state index < -0.39 is 0 Å². The summed E-state index contributed by atoms with van der Waals surface area (Å²) in [5, 5.41) is 0. The summed E-state index contributed by atoms with van der Waals surface area (Å²) >= 11 is 3.47. The molecule has 3 nitrogen and oxygen atoms in total. The van der Waals surface area contributed by atoms with Crippen molar-refractivity contribution in [2.75, 3.05) is 0 Å². The molecule has 2 atom stereocenters. The van der Waals surface area contributed by atoms with Gasteiger partial charge in [-0.2, -0.15) is 0 Å². The van der Waals surface area contributed by atoms with E-state index >= 15 is 0 Å². The first-order valence-corrected chi connectivity index (χ1v) is 6.97. The third-order valence-corrected chi connectivity index (χ3v) is 3.80. The van der Waals surface area contributed by atoms with Crippen LogP contribution in [0.25, 0.3) is 11.3 Å². The Morgan fingerprint density at radius 3 is 2.89 bits per heavy atom. The molecule has 0 aliphatic rings. The normalized spacial score (nSPS) is 14.4. The molecule has 2 rings (SSSR count). The Bertz CT molecular complexity index is 521. The summed E-state index contributed by atoms with van der Waals surface area (Å²) in [7, 11) is 0. The second-order valence-electron chi connectivity index (χ2n) is 4.60. The molecule has 0 amide bonds. The second kappa shape index (κ2) is 5.67. The van der Waals surface area contributed by atoms with E-state index in [-0.39, 0.29) is 6.04 Å². The zero-order valence-electron chi connectivity index (χ0n) is 10.7. The highest BCUT2D eigenvalue weighted by molar-refractivity contribution is 9.10. The average molecular weight is 308 g/mol. The zero-order chi connectivity index (χ0) is 13.1. The topological polar surface area (TPSA) is 54.7 Å². The third-order valence-electron chi connectivity index (χ3n) is 3.30. The Morgan fingerprint density at radius 2 is 2.22 bits per heavy atom. The van der Waals surface area contributed by atoms with Crippen LogP contribution in [0.5, 0.6) is 0 Å². The van der Waals surface area contributed by atoms with Crippen LogP contribution < -0.4 is 5.73 Å². The summed E-state index contributed by atoms with van der Waals surface area (Å²) < 4.78 is 1.06. The predicted octanol–water partition coefficient (Wildman–Crippen LogP) is 3.89. The van der Waals surface area contributed by atoms with E-state index in [1.807, 2.05) is 18.3 Å². The van der Waals surface area contributed by atoms with E-state index in [9.17, 15) is 0 Å². The highest BCUT2D eigenvalue weighted by atomic mass is 79.9. The van der Waals surface area contributed by atoms with Gasteiger partial charge in [-0.15, -0.1) is 0 Å². The van der Waals surface area contributed by atoms with E-state index in [1.165, 1.54) is 0 Å². The molecule has 0 aliphatic heterocycles. The quantitative estimate of drug-likeness (QED) is 0.900. The van der Waals surface area contributed by atoms with Crippen molar-refractivity contribution in [3.8, 4) is 11.3 Å². The van der Waals surface area contributed by atoms with Crippen LogP contribution in [0, 0.1) is 5.92 Å². The van der Waals surface area contributed by atoms with Crippen LogP contribution in [0.4, 0.5) is 0 Å². The fourth-order valence-electron chi connectivity index (χ4n) is 1.83. The van der Waals surface area contributed by atoms with Crippen molar-refractivity contribution in [1.29, 1.82) is 0 Å². The number of nitrogens with one attached hydrogen (secondary N) is 1. The molecule has 0 fully saturated rings. The number of benzene rings is 1. The van der Waals surface area contributed by atoms with Gasteiger partial charge in [0.1, 0.15) is 5.82 Å². The predicted molar refractivity (Wildman–Crippen MR) is 78.1 cm³/mol. The first-order valence-electron chi connectivity index (χ1n) is 6.18. The van der Waals surface area contributed by atoms with Crippen molar-refractivity contribution in [3.63, 3.8) is 0 Å². The summed E-state index contributed by atoms with van der Waals surface area (Å²) in [5.41, 5.74) is 8.28. The molecule has 1 aromatic heterocycles. The standard InChI is InChI=1S/C14H18BrN3/c1-3-9(2)13(16)14-17-8-12(18-14)10-5-4-6-11(15)7-10/h4-9,13H,3,16H2,1-2H3,(H,17,18). The maximum atomic E-state index is 6.17. The molecule has 4 heteroatoms. The van der Waals surface area contributed by atoms with Gasteiger partial charge in [0.15, 0.2) is 0 Å². The number of hydrogen-bond acceptors (Lipinski definition) is 2. The van der Waals surface area contributed by atoms with E-state index in [4.69, 9.17) is 5.73 Å². The first-order chi connectivity index (χ1) is 8.61. The molecule has 18 heavy (non-hydrogen) atoms. The summed E-state index contributed by atoms with van der Waals surface area (Å²) in [5.74, 6) is 1.28. The van der Waals surface area contributed by atoms with Gasteiger partial charge < -0.3 is 10.7 Å². The number of aromatic nitrogens is 2. The second-order valence-corrected chi connectivity index (χ2v) is 5.52. The molecule has 1 heterocycles. The molecule has 1 aromatic carbocycles.